The van der Waals surface area contributed by atoms with E-state index in [1.165, 1.54) is 388 Å². The van der Waals surface area contributed by atoms with Crippen LogP contribution in [-0.2, 0) is 23.9 Å². The Morgan fingerprint density at radius 3 is 0.670 bits per heavy atom. The van der Waals surface area contributed by atoms with Crippen LogP contribution in [-0.4, -0.2) is 37.3 Å². The average molecular weight is 1630 g/mol. The number of halogens is 1. The van der Waals surface area contributed by atoms with E-state index in [9.17, 15) is 19.5 Å². The quantitative estimate of drug-likeness (QED) is 0.0140. The van der Waals surface area contributed by atoms with Crippen molar-refractivity contribution in [2.24, 2.45) is 0 Å². The van der Waals surface area contributed by atoms with E-state index in [0.717, 1.165) is 32.1 Å². The minimum atomic E-state index is -1.67. The van der Waals surface area contributed by atoms with Gasteiger partial charge >= 0.3 is 63.3 Å². The smallest absolute Gasteiger partial charge is 1.00 e. The number of aliphatic carboxylic acids is 1. The third kappa shape index (κ3) is 70.2. The molecule has 0 radical (unpaired) electrons. The molecule has 0 saturated heterocycles. The summed E-state index contributed by atoms with van der Waals surface area (Å²) in [5.41, 5.74) is 0. The van der Waals surface area contributed by atoms with Gasteiger partial charge in [-0.05, 0) is 140 Å². The third-order valence-electron chi connectivity index (χ3n) is 21.1. The van der Waals surface area contributed by atoms with Crippen LogP contribution in [0.15, 0.2) is 115 Å². The van der Waals surface area contributed by atoms with Crippen molar-refractivity contribution in [3.05, 3.63) is 115 Å². The van der Waals surface area contributed by atoms with Crippen molar-refractivity contribution in [2.45, 2.75) is 445 Å². The summed E-state index contributed by atoms with van der Waals surface area (Å²) in [5, 5.41) is 14.8. The maximum Gasteiger partial charge on any atom is 1.00 e. The average Bonchev–Trinajstić information content (AvgIpc) is 0.761. The molecule has 0 saturated carbocycles. The van der Waals surface area contributed by atoms with Crippen molar-refractivity contribution in [1.29, 1.82) is 0 Å². The standard InChI is InChI=1S/C35H48O2P.C32H62O2.C30H58O2.HI.K/c1-2-37-35(36)30-22-11-9-7-5-3-4-6-8-10-12-23-31-38(32-24-16-13-17-25-32,33-26-18-14-19-27-33)34-28-20-15-21-29-34;1-3-5-6-7-8-9-10-11-12-13-14-15-16-17-18-19-20-21-22-23-24-25-26-27-28-29-30-31-32(33)34-4-2;1-2-3-4-5-6-7-8-9-10-11-12-13-14-15-16-17-18-19-20-21-22-23-24-25-26-27-28-29-30(31)32;;/h13-21,24-29H,2-12,22-23,30-31H2,1H3;17-18H,3-16,19-31H2,1-2H3;15-16H,2-14,17-29H2,1H3,(H,31,32);1H;/q+1;;;;+1/p-2/b;18-17+;16-15+;;. The van der Waals surface area contributed by atoms with Crippen LogP contribution in [0, 0.1) is 0 Å². The van der Waals surface area contributed by atoms with Gasteiger partial charge in [0.1, 0.15) is 23.2 Å². The number of ether oxygens (including phenoxy) is 2. The molecule has 106 heavy (non-hydrogen) atoms. The summed E-state index contributed by atoms with van der Waals surface area (Å²) in [4.78, 5) is 33.0. The molecule has 0 aliphatic heterocycles. The predicted molar refractivity (Wildman–Crippen MR) is 458 cm³/mol. The van der Waals surface area contributed by atoms with E-state index in [-0.39, 0.29) is 93.7 Å². The number of carboxylic acids is 1. The first-order chi connectivity index (χ1) is 51.3. The minimum absolute atomic E-state index is 0. The largest absolute Gasteiger partial charge is 1.00 e. The van der Waals surface area contributed by atoms with Crippen molar-refractivity contribution >= 4 is 41.1 Å². The van der Waals surface area contributed by atoms with Gasteiger partial charge in [-0.2, -0.15) is 0 Å². The maximum atomic E-state index is 11.4. The molecule has 0 amide bonds. The molecule has 0 fully saturated rings. The Hall–Kier alpha value is -1.65. The first kappa shape index (κ1) is 106. The van der Waals surface area contributed by atoms with Crippen molar-refractivity contribution in [1.82, 2.24) is 0 Å². The number of esters is 2. The van der Waals surface area contributed by atoms with Gasteiger partial charge in [-0.25, -0.2) is 0 Å². The van der Waals surface area contributed by atoms with Crippen molar-refractivity contribution in [3.8, 4) is 0 Å². The molecule has 0 spiro atoms. The number of hydrogen-bond donors (Lipinski definition) is 0. The van der Waals surface area contributed by atoms with E-state index in [4.69, 9.17) is 9.47 Å². The van der Waals surface area contributed by atoms with Crippen LogP contribution in [0.5, 0.6) is 0 Å². The van der Waals surface area contributed by atoms with Crippen molar-refractivity contribution in [2.75, 3.05) is 19.4 Å². The second kappa shape index (κ2) is 87.3. The Morgan fingerprint density at radius 2 is 0.462 bits per heavy atom. The third-order valence-corrected chi connectivity index (χ3v) is 25.6. The summed E-state index contributed by atoms with van der Waals surface area (Å²) < 4.78 is 9.95. The summed E-state index contributed by atoms with van der Waals surface area (Å²) in [6, 6.07) is 33.8. The summed E-state index contributed by atoms with van der Waals surface area (Å²) in [7, 11) is -1.67. The molecule has 0 aromatic heterocycles. The van der Waals surface area contributed by atoms with Crippen molar-refractivity contribution < 1.29 is 104 Å². The van der Waals surface area contributed by atoms with Crippen LogP contribution in [0.4, 0.5) is 0 Å². The van der Waals surface area contributed by atoms with Gasteiger partial charge in [0.2, 0.25) is 0 Å². The van der Waals surface area contributed by atoms with Gasteiger partial charge in [-0.3, -0.25) is 9.59 Å². The number of hydrogen-bond acceptors (Lipinski definition) is 6. The molecule has 3 aromatic carbocycles. The zero-order valence-electron chi connectivity index (χ0n) is 70.3. The topological polar surface area (TPSA) is 92.7 Å². The van der Waals surface area contributed by atoms with Crippen LogP contribution >= 0.6 is 7.26 Å². The second-order valence-electron chi connectivity index (χ2n) is 30.7. The molecule has 3 rings (SSSR count). The number of carbonyl (C=O) groups excluding carboxylic acids is 3. The van der Waals surface area contributed by atoms with Crippen LogP contribution < -0.4 is 96.4 Å². The number of unbranched alkanes of at least 4 members (excludes halogenated alkanes) is 57. The molecule has 604 valence electrons. The number of benzene rings is 3. The molecule has 6 nitrogen and oxygen atoms in total. The normalized spacial score (nSPS) is 11.2. The zero-order valence-corrected chi connectivity index (χ0v) is 76.5. The van der Waals surface area contributed by atoms with Crippen molar-refractivity contribution in [3.63, 3.8) is 0 Å². The van der Waals surface area contributed by atoms with E-state index in [1.807, 2.05) is 13.8 Å². The number of carbonyl (C=O) groups is 3. The van der Waals surface area contributed by atoms with E-state index in [0.29, 0.717) is 26.1 Å². The molecule has 3 aromatic rings. The number of allylic oxidation sites excluding steroid dienone is 4. The first-order valence-corrected chi connectivity index (χ1v) is 47.2. The molecule has 0 N–H and O–H groups in total. The Morgan fingerprint density at radius 1 is 0.274 bits per heavy atom. The summed E-state index contributed by atoms with van der Waals surface area (Å²) in [6.07, 6.45) is 95.6. The number of rotatable bonds is 74. The fourth-order valence-electron chi connectivity index (χ4n) is 14.7. The molecule has 0 aliphatic rings. The van der Waals surface area contributed by atoms with Gasteiger partial charge in [0.05, 0.1) is 19.4 Å². The Kier molecular flexibility index (Phi) is 87.6. The Labute approximate surface area is 718 Å². The van der Waals surface area contributed by atoms with E-state index >= 15 is 0 Å². The van der Waals surface area contributed by atoms with E-state index < -0.39 is 13.2 Å². The van der Waals surface area contributed by atoms with Crippen LogP contribution in [0.3, 0.4) is 0 Å². The maximum absolute atomic E-state index is 11.4. The predicted octanol–water partition coefficient (Wildman–Crippen LogP) is 23.3. The molecule has 0 bridgehead atoms. The molecule has 9 heteroatoms. The summed E-state index contributed by atoms with van der Waals surface area (Å²) in [6.45, 7) is 9.33. The molecule has 0 heterocycles. The zero-order chi connectivity index (χ0) is 74.9. The van der Waals surface area contributed by atoms with Gasteiger partial charge in [0.15, 0.2) is 0 Å². The number of carboxylic acid groups (broad SMARTS) is 1. The van der Waals surface area contributed by atoms with Crippen LogP contribution in [0.25, 0.3) is 0 Å². The second-order valence-corrected chi connectivity index (χ2v) is 34.3. The molecule has 0 unspecified atom stereocenters. The molecule has 0 aliphatic carbocycles. The SMILES string of the molecule is CCCCCCCCCCCCCC/C=C/CCCCCCCCCCCCCC(=O)OCC.CCCCCCCCCCCCCC/C=C/CCCCCCCCCCCCCC(=O)[O-].CCOC(=O)CCCCCCCCCCCCCC[P+](c1ccccc1)(c1ccccc1)c1ccccc1.[I-].[K+]. The fourth-order valence-corrected chi connectivity index (χ4v) is 19.1. The minimum Gasteiger partial charge on any atom is -1.00 e. The van der Waals surface area contributed by atoms with Gasteiger partial charge in [-0.15, -0.1) is 0 Å². The monoisotopic (exact) mass is 1630 g/mol. The van der Waals surface area contributed by atoms with Crippen LogP contribution in [0.2, 0.25) is 0 Å². The Bertz CT molecular complexity index is 2200. The summed E-state index contributed by atoms with van der Waals surface area (Å²) >= 11 is 0. The molecular weight excluding hydrogens is 1460 g/mol. The Balaban J connectivity index is 0. The van der Waals surface area contributed by atoms with Gasteiger partial charge < -0.3 is 43.4 Å². The summed E-state index contributed by atoms with van der Waals surface area (Å²) in [5.74, 6) is -0.974. The van der Waals surface area contributed by atoms with Gasteiger partial charge in [0, 0.05) is 18.8 Å². The first-order valence-electron chi connectivity index (χ1n) is 45.2. The van der Waals surface area contributed by atoms with E-state index in [1.54, 1.807) is 0 Å². The van der Waals surface area contributed by atoms with E-state index in [2.05, 4.69) is 129 Å². The van der Waals surface area contributed by atoms with Gasteiger partial charge in [-0.1, -0.05) is 407 Å². The molecular formula is C97H167IKO6P. The van der Waals surface area contributed by atoms with Gasteiger partial charge in [0.25, 0.3) is 0 Å². The van der Waals surface area contributed by atoms with Crippen LogP contribution in [0.1, 0.15) is 445 Å². The fraction of sp³-hybridized carbons (Fsp3) is 0.742. The molecule has 0 atom stereocenters.